The van der Waals surface area contributed by atoms with Crippen molar-refractivity contribution < 1.29 is 0 Å². The van der Waals surface area contributed by atoms with Crippen molar-refractivity contribution in [2.45, 2.75) is 19.9 Å². The van der Waals surface area contributed by atoms with Gasteiger partial charge in [-0.15, -0.1) is 0 Å². The van der Waals surface area contributed by atoms with E-state index in [9.17, 15) is 0 Å². The fourth-order valence-corrected chi connectivity index (χ4v) is 2.10. The normalized spacial score (nSPS) is 10.8. The molecular weight excluding hydrogens is 302 g/mol. The summed E-state index contributed by atoms with van der Waals surface area (Å²) in [4.78, 5) is 4.34. The summed E-state index contributed by atoms with van der Waals surface area (Å²) in [5.41, 5.74) is 7.78. The second-order valence-electron chi connectivity index (χ2n) is 3.80. The number of aryl methyl sites for hydroxylation is 1. The first-order valence-electron chi connectivity index (χ1n) is 5.39. The van der Waals surface area contributed by atoms with Gasteiger partial charge in [-0.2, -0.15) is 0 Å². The van der Waals surface area contributed by atoms with Gasteiger partial charge < -0.3 is 10.3 Å². The fraction of sp³-hybridized carbons (Fsp3) is 0.250. The van der Waals surface area contributed by atoms with Crippen LogP contribution in [0.25, 0.3) is 11.3 Å². The Labute approximate surface area is 114 Å². The topological polar surface area (TPSA) is 43.8 Å². The third kappa shape index (κ3) is 2.48. The molecule has 0 bridgehead atoms. The predicted octanol–water partition coefficient (Wildman–Crippen LogP) is 3.96. The van der Waals surface area contributed by atoms with E-state index in [1.807, 2.05) is 22.8 Å². The van der Waals surface area contributed by atoms with Crippen LogP contribution in [0.4, 0.5) is 5.82 Å². The highest BCUT2D eigenvalue weighted by atomic mass is 79.9. The summed E-state index contributed by atoms with van der Waals surface area (Å²) in [5.74, 6) is 0.685. The Kier molecular flexibility index (Phi) is 3.74. The molecule has 0 aliphatic heterocycles. The minimum Gasteiger partial charge on any atom is -0.383 e. The Bertz CT molecular complexity index is 537. The van der Waals surface area contributed by atoms with E-state index >= 15 is 0 Å². The molecule has 2 N–H and O–H groups in total. The number of halogens is 2. The first-order valence-corrected chi connectivity index (χ1v) is 6.56. The number of nitrogens with zero attached hydrogens (tertiary/aromatic N) is 2. The minimum atomic E-state index is 0.659. The van der Waals surface area contributed by atoms with Crippen LogP contribution < -0.4 is 5.73 Å². The lowest BCUT2D eigenvalue weighted by molar-refractivity contribution is 0.686. The zero-order valence-corrected chi connectivity index (χ0v) is 11.8. The molecule has 90 valence electrons. The summed E-state index contributed by atoms with van der Waals surface area (Å²) < 4.78 is 2.82. The molecule has 17 heavy (non-hydrogen) atoms. The van der Waals surface area contributed by atoms with Gasteiger partial charge in [0.1, 0.15) is 11.5 Å². The fourth-order valence-electron chi connectivity index (χ4n) is 1.68. The van der Waals surface area contributed by atoms with Gasteiger partial charge in [0.05, 0.1) is 11.3 Å². The van der Waals surface area contributed by atoms with Crippen LogP contribution in [0.1, 0.15) is 13.3 Å². The molecule has 0 radical (unpaired) electrons. The Morgan fingerprint density at radius 1 is 1.47 bits per heavy atom. The molecule has 0 saturated heterocycles. The lowest BCUT2D eigenvalue weighted by Gasteiger charge is -2.04. The van der Waals surface area contributed by atoms with Crippen molar-refractivity contribution in [1.29, 1.82) is 0 Å². The number of imidazole rings is 1. The summed E-state index contributed by atoms with van der Waals surface area (Å²) in [5, 5.41) is 0.659. The van der Waals surface area contributed by atoms with Crippen molar-refractivity contribution >= 4 is 33.3 Å². The number of rotatable bonds is 3. The number of benzene rings is 1. The lowest BCUT2D eigenvalue weighted by atomic mass is 10.1. The van der Waals surface area contributed by atoms with Gasteiger partial charge in [-0.1, -0.05) is 24.6 Å². The summed E-state index contributed by atoms with van der Waals surface area (Å²) >= 11 is 9.42. The summed E-state index contributed by atoms with van der Waals surface area (Å²) in [7, 11) is 0. The van der Waals surface area contributed by atoms with Crippen LogP contribution in [0.15, 0.2) is 29.0 Å². The molecule has 0 amide bonds. The number of aromatic nitrogens is 2. The van der Waals surface area contributed by atoms with Crippen LogP contribution >= 0.6 is 27.5 Å². The second kappa shape index (κ2) is 5.10. The molecule has 3 nitrogen and oxygen atoms in total. The number of anilines is 1. The largest absolute Gasteiger partial charge is 0.383 e. The van der Waals surface area contributed by atoms with Gasteiger partial charge in [0.25, 0.3) is 0 Å². The third-order valence-corrected chi connectivity index (χ3v) is 3.77. The van der Waals surface area contributed by atoms with Gasteiger partial charge in [0.2, 0.25) is 0 Å². The van der Waals surface area contributed by atoms with E-state index in [2.05, 4.69) is 27.8 Å². The molecule has 0 atom stereocenters. The molecule has 2 aromatic rings. The van der Waals surface area contributed by atoms with E-state index in [-0.39, 0.29) is 0 Å². The number of nitrogen functional groups attached to an aromatic ring is 1. The van der Waals surface area contributed by atoms with E-state index in [4.69, 9.17) is 17.3 Å². The van der Waals surface area contributed by atoms with Crippen molar-refractivity contribution in [3.05, 3.63) is 34.0 Å². The number of hydrogen-bond acceptors (Lipinski definition) is 2. The monoisotopic (exact) mass is 313 g/mol. The first-order chi connectivity index (χ1) is 8.13. The summed E-state index contributed by atoms with van der Waals surface area (Å²) in [6.07, 6.45) is 2.80. The second-order valence-corrected chi connectivity index (χ2v) is 5.06. The van der Waals surface area contributed by atoms with E-state index in [1.54, 1.807) is 6.33 Å². The summed E-state index contributed by atoms with van der Waals surface area (Å²) in [6, 6.07) is 5.71. The van der Waals surface area contributed by atoms with E-state index < -0.39 is 0 Å². The number of hydrogen-bond donors (Lipinski definition) is 1. The highest BCUT2D eigenvalue weighted by Crippen LogP contribution is 2.30. The van der Waals surface area contributed by atoms with Crippen LogP contribution in [0.2, 0.25) is 5.02 Å². The van der Waals surface area contributed by atoms with E-state index in [1.165, 1.54) is 0 Å². The van der Waals surface area contributed by atoms with Gasteiger partial charge >= 0.3 is 0 Å². The maximum atomic E-state index is 6.06. The molecule has 0 spiro atoms. The third-order valence-electron chi connectivity index (χ3n) is 2.54. The van der Waals surface area contributed by atoms with Crippen LogP contribution in [0, 0.1) is 0 Å². The van der Waals surface area contributed by atoms with Gasteiger partial charge in [-0.25, -0.2) is 4.98 Å². The maximum Gasteiger partial charge on any atom is 0.131 e. The first kappa shape index (κ1) is 12.5. The maximum absolute atomic E-state index is 6.06. The molecule has 0 unspecified atom stereocenters. The Hall–Kier alpha value is -1.00. The average molecular weight is 315 g/mol. The SMILES string of the molecule is CCCn1cnc(-c2ccc(Br)c(Cl)c2)c1N. The molecule has 1 heterocycles. The molecule has 0 aliphatic carbocycles. The van der Waals surface area contributed by atoms with Crippen LogP contribution in [0.3, 0.4) is 0 Å². The zero-order chi connectivity index (χ0) is 12.4. The van der Waals surface area contributed by atoms with Gasteiger partial charge in [-0.3, -0.25) is 0 Å². The highest BCUT2D eigenvalue weighted by Gasteiger charge is 2.10. The molecule has 0 saturated carbocycles. The Morgan fingerprint density at radius 3 is 2.88 bits per heavy atom. The van der Waals surface area contributed by atoms with Crippen molar-refractivity contribution in [2.75, 3.05) is 5.73 Å². The minimum absolute atomic E-state index is 0.659. The van der Waals surface area contributed by atoms with Crippen LogP contribution in [0.5, 0.6) is 0 Å². The average Bonchev–Trinajstić information content (AvgIpc) is 2.66. The zero-order valence-electron chi connectivity index (χ0n) is 9.45. The Balaban J connectivity index is 2.42. The molecular formula is C12H13BrClN3. The van der Waals surface area contributed by atoms with Gasteiger partial charge in [-0.05, 0) is 34.5 Å². The molecule has 1 aromatic heterocycles. The quantitative estimate of drug-likeness (QED) is 0.932. The standard InChI is InChI=1S/C12H13BrClN3/c1-2-5-17-7-16-11(12(17)15)8-3-4-9(13)10(14)6-8/h3-4,6-7H,2,5,15H2,1H3. The van der Waals surface area contributed by atoms with Gasteiger partial charge in [0, 0.05) is 16.6 Å². The van der Waals surface area contributed by atoms with Crippen LogP contribution in [-0.2, 0) is 6.54 Å². The Morgan fingerprint density at radius 2 is 2.24 bits per heavy atom. The van der Waals surface area contributed by atoms with Crippen molar-refractivity contribution in [1.82, 2.24) is 9.55 Å². The predicted molar refractivity (Wildman–Crippen MR) is 75.1 cm³/mol. The molecule has 2 rings (SSSR count). The van der Waals surface area contributed by atoms with Crippen LogP contribution in [-0.4, -0.2) is 9.55 Å². The highest BCUT2D eigenvalue weighted by molar-refractivity contribution is 9.10. The lowest BCUT2D eigenvalue weighted by Crippen LogP contribution is -2.01. The van der Waals surface area contributed by atoms with Crippen molar-refractivity contribution in [2.24, 2.45) is 0 Å². The molecule has 0 fully saturated rings. The van der Waals surface area contributed by atoms with E-state index in [0.717, 1.165) is 28.7 Å². The molecule has 5 heteroatoms. The molecule has 1 aromatic carbocycles. The number of nitrogens with two attached hydrogens (primary N) is 1. The molecule has 0 aliphatic rings. The smallest absolute Gasteiger partial charge is 0.131 e. The summed E-state index contributed by atoms with van der Waals surface area (Å²) in [6.45, 7) is 2.98. The van der Waals surface area contributed by atoms with Crippen molar-refractivity contribution in [3.63, 3.8) is 0 Å². The van der Waals surface area contributed by atoms with E-state index in [0.29, 0.717) is 10.8 Å². The van der Waals surface area contributed by atoms with Crippen molar-refractivity contribution in [3.8, 4) is 11.3 Å². The van der Waals surface area contributed by atoms with Gasteiger partial charge in [0.15, 0.2) is 0 Å².